The van der Waals surface area contributed by atoms with Gasteiger partial charge in [0.15, 0.2) is 0 Å². The third-order valence-electron chi connectivity index (χ3n) is 3.35. The fourth-order valence-electron chi connectivity index (χ4n) is 2.20. The average molecular weight is 242 g/mol. The Morgan fingerprint density at radius 3 is 2.29 bits per heavy atom. The molecule has 0 saturated carbocycles. The maximum absolute atomic E-state index is 11.5. The molecule has 0 aliphatic carbocycles. The number of carbonyl (C=O) groups excluding carboxylic acids is 2. The van der Waals surface area contributed by atoms with Crippen LogP contribution in [0.25, 0.3) is 0 Å². The number of hydrazine groups is 1. The summed E-state index contributed by atoms with van der Waals surface area (Å²) >= 11 is 0. The lowest BCUT2D eigenvalue weighted by Gasteiger charge is -2.35. The van der Waals surface area contributed by atoms with Crippen LogP contribution < -0.4 is 17.0 Å². The van der Waals surface area contributed by atoms with Gasteiger partial charge >= 0.3 is 0 Å². The molecule has 0 aromatic rings. The molecule has 5 N–H and O–H groups in total. The first-order valence-electron chi connectivity index (χ1n) is 5.89. The van der Waals surface area contributed by atoms with E-state index in [4.69, 9.17) is 11.6 Å². The van der Waals surface area contributed by atoms with Crippen LogP contribution in [0, 0.1) is 11.3 Å². The fraction of sp³-hybridized carbons (Fsp3) is 0.818. The van der Waals surface area contributed by atoms with Crippen molar-refractivity contribution in [1.29, 1.82) is 0 Å². The largest absolute Gasteiger partial charge is 0.369 e. The highest BCUT2D eigenvalue weighted by Gasteiger charge is 2.32. The molecular formula is C11H22N4O2. The van der Waals surface area contributed by atoms with Crippen molar-refractivity contribution < 1.29 is 9.59 Å². The van der Waals surface area contributed by atoms with Gasteiger partial charge in [0.1, 0.15) is 0 Å². The minimum absolute atomic E-state index is 0.0160. The van der Waals surface area contributed by atoms with Gasteiger partial charge in [-0.25, -0.2) is 5.84 Å². The van der Waals surface area contributed by atoms with Crippen molar-refractivity contribution in [2.45, 2.75) is 26.7 Å². The highest BCUT2D eigenvalue weighted by Crippen LogP contribution is 2.22. The Balaban J connectivity index is 2.45. The molecule has 1 fully saturated rings. The number of carbonyl (C=O) groups is 2. The summed E-state index contributed by atoms with van der Waals surface area (Å²) in [5.74, 6) is 4.74. The van der Waals surface area contributed by atoms with Gasteiger partial charge < -0.3 is 10.6 Å². The summed E-state index contributed by atoms with van der Waals surface area (Å²) in [5, 5.41) is 0. The van der Waals surface area contributed by atoms with E-state index in [1.54, 1.807) is 0 Å². The summed E-state index contributed by atoms with van der Waals surface area (Å²) in [6.45, 7) is 5.95. The summed E-state index contributed by atoms with van der Waals surface area (Å²) in [4.78, 5) is 24.7. The Labute approximate surface area is 102 Å². The Hall–Kier alpha value is -1.14. The average Bonchev–Trinajstić information content (AvgIpc) is 2.28. The van der Waals surface area contributed by atoms with Crippen molar-refractivity contribution >= 4 is 11.8 Å². The van der Waals surface area contributed by atoms with Crippen molar-refractivity contribution in [3.05, 3.63) is 0 Å². The summed E-state index contributed by atoms with van der Waals surface area (Å²) in [5.41, 5.74) is 6.93. The molecule has 0 radical (unpaired) electrons. The molecule has 1 aliphatic heterocycles. The number of hydrogen-bond donors (Lipinski definition) is 3. The van der Waals surface area contributed by atoms with E-state index in [0.29, 0.717) is 6.54 Å². The smallest absolute Gasteiger partial charge is 0.240 e. The predicted octanol–water partition coefficient (Wildman–Crippen LogP) is -0.800. The Morgan fingerprint density at radius 2 is 1.88 bits per heavy atom. The van der Waals surface area contributed by atoms with Crippen molar-refractivity contribution in [2.24, 2.45) is 22.9 Å². The van der Waals surface area contributed by atoms with E-state index in [0.717, 1.165) is 25.9 Å². The topological polar surface area (TPSA) is 101 Å². The first kappa shape index (κ1) is 13.9. The lowest BCUT2D eigenvalue weighted by Crippen LogP contribution is -2.49. The van der Waals surface area contributed by atoms with Crippen LogP contribution in [-0.2, 0) is 9.59 Å². The molecule has 0 bridgehead atoms. The van der Waals surface area contributed by atoms with E-state index in [2.05, 4.69) is 10.3 Å². The van der Waals surface area contributed by atoms with Crippen LogP contribution in [0.3, 0.4) is 0 Å². The highest BCUT2D eigenvalue weighted by molar-refractivity contribution is 5.81. The minimum Gasteiger partial charge on any atom is -0.369 e. The molecule has 1 heterocycles. The van der Waals surface area contributed by atoms with Crippen LogP contribution >= 0.6 is 0 Å². The van der Waals surface area contributed by atoms with Gasteiger partial charge in [0.25, 0.3) is 0 Å². The fourth-order valence-corrected chi connectivity index (χ4v) is 2.20. The number of hydrogen-bond acceptors (Lipinski definition) is 4. The van der Waals surface area contributed by atoms with Gasteiger partial charge in [-0.15, -0.1) is 0 Å². The standard InChI is InChI=1S/C11H22N4O2/c1-11(2,10(17)14-13)7-15-5-3-8(4-6-15)9(12)16/h8H,3-7,13H2,1-2H3,(H2,12,16)(H,14,17). The summed E-state index contributed by atoms with van der Waals surface area (Å²) < 4.78 is 0. The minimum atomic E-state index is -0.520. The Kier molecular flexibility index (Phi) is 4.47. The van der Waals surface area contributed by atoms with Gasteiger partial charge in [-0.2, -0.15) is 0 Å². The molecule has 2 amide bonds. The zero-order valence-electron chi connectivity index (χ0n) is 10.5. The molecule has 17 heavy (non-hydrogen) atoms. The predicted molar refractivity (Wildman–Crippen MR) is 64.5 cm³/mol. The molecule has 6 nitrogen and oxygen atoms in total. The number of piperidine rings is 1. The number of nitrogens with two attached hydrogens (primary N) is 2. The second-order valence-electron chi connectivity index (χ2n) is 5.31. The van der Waals surface area contributed by atoms with E-state index in [1.807, 2.05) is 13.8 Å². The van der Waals surface area contributed by atoms with Crippen LogP contribution in [0.15, 0.2) is 0 Å². The summed E-state index contributed by atoms with van der Waals surface area (Å²) in [7, 11) is 0. The molecule has 0 unspecified atom stereocenters. The normalized spacial score (nSPS) is 19.0. The quantitative estimate of drug-likeness (QED) is 0.341. The van der Waals surface area contributed by atoms with Crippen LogP contribution in [0.5, 0.6) is 0 Å². The molecule has 1 saturated heterocycles. The molecule has 1 aliphatic rings. The van der Waals surface area contributed by atoms with Crippen molar-refractivity contribution in [3.8, 4) is 0 Å². The van der Waals surface area contributed by atoms with Crippen LogP contribution in [-0.4, -0.2) is 36.3 Å². The number of nitrogens with zero attached hydrogens (tertiary/aromatic N) is 1. The van der Waals surface area contributed by atoms with Crippen molar-refractivity contribution in [3.63, 3.8) is 0 Å². The van der Waals surface area contributed by atoms with Gasteiger partial charge in [0.2, 0.25) is 11.8 Å². The molecule has 0 aromatic carbocycles. The van der Waals surface area contributed by atoms with E-state index in [-0.39, 0.29) is 17.7 Å². The second kappa shape index (κ2) is 5.46. The molecule has 98 valence electrons. The monoisotopic (exact) mass is 242 g/mol. The first-order valence-corrected chi connectivity index (χ1v) is 5.89. The van der Waals surface area contributed by atoms with E-state index in [1.165, 1.54) is 0 Å². The maximum Gasteiger partial charge on any atom is 0.240 e. The van der Waals surface area contributed by atoms with Crippen LogP contribution in [0.1, 0.15) is 26.7 Å². The number of primary amides is 1. The SMILES string of the molecule is CC(C)(CN1CCC(C(N)=O)CC1)C(=O)NN. The molecular weight excluding hydrogens is 220 g/mol. The summed E-state index contributed by atoms with van der Waals surface area (Å²) in [6.07, 6.45) is 1.55. The van der Waals surface area contributed by atoms with E-state index < -0.39 is 5.41 Å². The van der Waals surface area contributed by atoms with Gasteiger partial charge in [0, 0.05) is 12.5 Å². The van der Waals surface area contributed by atoms with Crippen molar-refractivity contribution in [1.82, 2.24) is 10.3 Å². The van der Waals surface area contributed by atoms with Crippen LogP contribution in [0.2, 0.25) is 0 Å². The molecule has 1 rings (SSSR count). The van der Waals surface area contributed by atoms with E-state index >= 15 is 0 Å². The number of nitrogens with one attached hydrogen (secondary N) is 1. The molecule has 0 aromatic heterocycles. The number of amides is 2. The van der Waals surface area contributed by atoms with Gasteiger partial charge in [-0.1, -0.05) is 0 Å². The molecule has 0 atom stereocenters. The third kappa shape index (κ3) is 3.67. The highest BCUT2D eigenvalue weighted by atomic mass is 16.2. The van der Waals surface area contributed by atoms with Crippen LogP contribution in [0.4, 0.5) is 0 Å². The molecule has 0 spiro atoms. The van der Waals surface area contributed by atoms with Crippen molar-refractivity contribution in [2.75, 3.05) is 19.6 Å². The summed E-state index contributed by atoms with van der Waals surface area (Å²) in [6, 6.07) is 0. The van der Waals surface area contributed by atoms with Gasteiger partial charge in [0.05, 0.1) is 5.41 Å². The number of likely N-dealkylation sites (tertiary alicyclic amines) is 1. The molecule has 6 heteroatoms. The Morgan fingerprint density at radius 1 is 1.35 bits per heavy atom. The zero-order chi connectivity index (χ0) is 13.1. The third-order valence-corrected chi connectivity index (χ3v) is 3.35. The zero-order valence-corrected chi connectivity index (χ0v) is 10.5. The lowest BCUT2D eigenvalue weighted by atomic mass is 9.89. The lowest BCUT2D eigenvalue weighted by molar-refractivity contribution is -0.131. The number of rotatable bonds is 4. The van der Waals surface area contributed by atoms with Gasteiger partial charge in [-0.05, 0) is 39.8 Å². The van der Waals surface area contributed by atoms with E-state index in [9.17, 15) is 9.59 Å². The van der Waals surface area contributed by atoms with Gasteiger partial charge in [-0.3, -0.25) is 15.0 Å². The first-order chi connectivity index (χ1) is 7.86. The Bertz CT molecular complexity index is 296. The second-order valence-corrected chi connectivity index (χ2v) is 5.31. The maximum atomic E-state index is 11.5.